The molecule has 0 aliphatic carbocycles. The zero-order chi connectivity index (χ0) is 37.6. The Balaban J connectivity index is 1.17. The highest BCUT2D eigenvalue weighted by molar-refractivity contribution is 6.31. The van der Waals surface area contributed by atoms with Gasteiger partial charge in [-0.1, -0.05) is 40.1 Å². The number of pyridine rings is 1. The van der Waals surface area contributed by atoms with Gasteiger partial charge in [-0.2, -0.15) is 5.26 Å². The largest absolute Gasteiger partial charge is 0.361 e. The maximum absolute atomic E-state index is 9.35. The average molecular weight is 723 g/mol. The first kappa shape index (κ1) is 35.2. The van der Waals surface area contributed by atoms with Gasteiger partial charge in [0.05, 0.1) is 40.3 Å². The molecule has 266 valence electrons. The van der Waals surface area contributed by atoms with Gasteiger partial charge in [-0.15, -0.1) is 0 Å². The quantitative estimate of drug-likeness (QED) is 0.144. The van der Waals surface area contributed by atoms with Crippen molar-refractivity contribution in [2.45, 2.75) is 48.0 Å². The molecule has 0 saturated heterocycles. The van der Waals surface area contributed by atoms with E-state index >= 15 is 0 Å². The molecule has 3 aromatic carbocycles. The van der Waals surface area contributed by atoms with E-state index in [1.807, 2.05) is 56.6 Å². The molecule has 0 amide bonds. The van der Waals surface area contributed by atoms with E-state index in [0.29, 0.717) is 11.4 Å². The van der Waals surface area contributed by atoms with Gasteiger partial charge in [0.2, 0.25) is 0 Å². The zero-order valence-electron chi connectivity index (χ0n) is 31.0. The molecule has 0 unspecified atom stereocenters. The van der Waals surface area contributed by atoms with Crippen molar-refractivity contribution < 1.29 is 9.05 Å². The predicted octanol–water partition coefficient (Wildman–Crippen LogP) is 10.1. The van der Waals surface area contributed by atoms with Crippen LogP contribution in [0.1, 0.15) is 51.0 Å². The van der Waals surface area contributed by atoms with Gasteiger partial charge in [-0.25, -0.2) is 9.97 Å². The molecule has 53 heavy (non-hydrogen) atoms. The molecule has 0 saturated carbocycles. The highest BCUT2D eigenvalue weighted by Gasteiger charge is 2.20. The van der Waals surface area contributed by atoms with Crippen LogP contribution in [0.3, 0.4) is 0 Å². The van der Waals surface area contributed by atoms with Crippen LogP contribution in [0, 0.1) is 52.9 Å². The Morgan fingerprint density at radius 2 is 1.40 bits per heavy atom. The molecule has 0 atom stereocenters. The predicted molar refractivity (Wildman–Crippen MR) is 209 cm³/mol. The monoisotopic (exact) mass is 722 g/mol. The van der Waals surface area contributed by atoms with Gasteiger partial charge >= 0.3 is 0 Å². The normalized spacial score (nSPS) is 11.2. The Morgan fingerprint density at radius 1 is 0.755 bits per heavy atom. The Morgan fingerprint density at radius 3 is 2.02 bits per heavy atom. The number of halogens is 1. The average Bonchev–Trinajstić information content (AvgIpc) is 3.86. The highest BCUT2D eigenvalue weighted by atomic mass is 35.5. The minimum Gasteiger partial charge on any atom is -0.361 e. The number of aromatic nitrogens is 5. The van der Waals surface area contributed by atoms with E-state index in [0.717, 1.165) is 90.4 Å². The van der Waals surface area contributed by atoms with Crippen molar-refractivity contribution in [2.75, 3.05) is 23.9 Å². The molecule has 11 heteroatoms. The minimum atomic E-state index is 0.192. The van der Waals surface area contributed by atoms with E-state index in [1.54, 1.807) is 12.3 Å². The molecule has 0 aliphatic heterocycles. The number of hydrogen-bond donors (Lipinski definition) is 0. The number of nitriles is 1. The van der Waals surface area contributed by atoms with E-state index in [1.165, 1.54) is 5.56 Å². The first-order valence-electron chi connectivity index (χ1n) is 17.2. The number of benzene rings is 3. The second kappa shape index (κ2) is 14.1. The Hall–Kier alpha value is -6.18. The van der Waals surface area contributed by atoms with Gasteiger partial charge in [-0.05, 0) is 112 Å². The van der Waals surface area contributed by atoms with Gasteiger partial charge in [-0.3, -0.25) is 0 Å². The van der Waals surface area contributed by atoms with Gasteiger partial charge in [0, 0.05) is 60.6 Å². The van der Waals surface area contributed by atoms with Gasteiger partial charge in [0.25, 0.3) is 0 Å². The summed E-state index contributed by atoms with van der Waals surface area (Å²) in [5.41, 5.74) is 15.1. The number of imidazole rings is 1. The van der Waals surface area contributed by atoms with Crippen molar-refractivity contribution >= 4 is 34.4 Å². The third-order valence-electron chi connectivity index (χ3n) is 9.93. The number of anilines is 4. The van der Waals surface area contributed by atoms with E-state index in [4.69, 9.17) is 25.6 Å². The molecule has 0 spiro atoms. The van der Waals surface area contributed by atoms with Crippen molar-refractivity contribution in [3.05, 3.63) is 135 Å². The lowest BCUT2D eigenvalue weighted by atomic mass is 9.94. The minimum absolute atomic E-state index is 0.192. The third kappa shape index (κ3) is 6.67. The summed E-state index contributed by atoms with van der Waals surface area (Å²) in [6.07, 6.45) is 6.20. The Labute approximate surface area is 313 Å². The van der Waals surface area contributed by atoms with Crippen LogP contribution in [0.5, 0.6) is 0 Å². The second-order valence-corrected chi connectivity index (χ2v) is 13.8. The van der Waals surface area contributed by atoms with E-state index in [9.17, 15) is 5.26 Å². The fourth-order valence-electron chi connectivity index (χ4n) is 6.96. The van der Waals surface area contributed by atoms with Crippen molar-refractivity contribution in [2.24, 2.45) is 0 Å². The molecule has 0 radical (unpaired) electrons. The summed E-state index contributed by atoms with van der Waals surface area (Å²) < 4.78 is 13.0. The molecule has 4 heterocycles. The number of rotatable bonds is 9. The Kier molecular flexibility index (Phi) is 9.37. The van der Waals surface area contributed by atoms with Crippen LogP contribution in [0.2, 0.25) is 5.02 Å². The molecular formula is C42H39ClN8O2. The van der Waals surface area contributed by atoms with Crippen LogP contribution < -0.4 is 9.80 Å². The zero-order valence-corrected chi connectivity index (χ0v) is 31.7. The van der Waals surface area contributed by atoms with Crippen LogP contribution in [0.15, 0.2) is 88.4 Å². The maximum atomic E-state index is 9.35. The summed E-state index contributed by atoms with van der Waals surface area (Å²) in [7, 11) is 4.05. The van der Waals surface area contributed by atoms with Crippen LogP contribution in [-0.2, 0) is 6.42 Å². The molecule has 10 nitrogen and oxygen atoms in total. The molecular weight excluding hydrogens is 684 g/mol. The number of aryl methyl sites for hydroxylation is 5. The molecule has 0 fully saturated rings. The van der Waals surface area contributed by atoms with Gasteiger partial charge in [0.15, 0.2) is 5.69 Å². The highest BCUT2D eigenvalue weighted by Crippen LogP contribution is 2.38. The van der Waals surface area contributed by atoms with Crippen LogP contribution in [0.25, 0.3) is 27.9 Å². The number of hydrogen-bond acceptors (Lipinski definition) is 9. The second-order valence-electron chi connectivity index (χ2n) is 13.4. The van der Waals surface area contributed by atoms with E-state index in [2.05, 4.69) is 102 Å². The summed E-state index contributed by atoms with van der Waals surface area (Å²) in [6.45, 7) is 12.0. The van der Waals surface area contributed by atoms with Crippen molar-refractivity contribution in [1.82, 2.24) is 24.8 Å². The summed E-state index contributed by atoms with van der Waals surface area (Å²) in [4.78, 5) is 13.3. The molecule has 0 bridgehead atoms. The summed E-state index contributed by atoms with van der Waals surface area (Å²) >= 11 is 6.39. The first-order valence-corrected chi connectivity index (χ1v) is 17.6. The van der Waals surface area contributed by atoms with Crippen LogP contribution >= 0.6 is 11.6 Å². The smallest absolute Gasteiger partial charge is 0.159 e. The molecule has 7 aromatic rings. The first-order chi connectivity index (χ1) is 25.4. The molecule has 7 rings (SSSR count). The molecule has 0 N–H and O–H groups in total. The van der Waals surface area contributed by atoms with E-state index < -0.39 is 0 Å². The lowest BCUT2D eigenvalue weighted by molar-refractivity contribution is 0.393. The van der Waals surface area contributed by atoms with Crippen LogP contribution in [-0.4, -0.2) is 38.9 Å². The fourth-order valence-corrected chi connectivity index (χ4v) is 7.16. The maximum Gasteiger partial charge on any atom is 0.159 e. The van der Waals surface area contributed by atoms with E-state index in [-0.39, 0.29) is 5.69 Å². The summed E-state index contributed by atoms with van der Waals surface area (Å²) in [6, 6.07) is 23.0. The van der Waals surface area contributed by atoms with Crippen molar-refractivity contribution in [3.63, 3.8) is 0 Å². The SMILES string of the molecule is Cc1ccc(-c2c(C)noc2C)cc1N(C)c1ccc(-n2cnc(Cc3cc(-c4c(C)noc4C)cc(N(C)c4cnc(C#N)c(Cl)c4)c3C)c2)cc1. The van der Waals surface area contributed by atoms with Crippen LogP contribution in [0.4, 0.5) is 22.7 Å². The third-order valence-corrected chi connectivity index (χ3v) is 10.2. The van der Waals surface area contributed by atoms with Gasteiger partial charge < -0.3 is 23.4 Å². The number of nitrogens with zero attached hydrogens (tertiary/aromatic N) is 8. The van der Waals surface area contributed by atoms with Gasteiger partial charge in [0.1, 0.15) is 17.6 Å². The fraction of sp³-hybridized carbons (Fsp3) is 0.214. The standard InChI is InChI=1S/C42H39ClN8O2/c1-24-9-10-30(41-26(3)47-52-28(41)5)17-39(24)49(7)34-11-13-35(14-12-34)51-22-33(46-23-51)16-31-15-32(42-27(4)48-53-29(42)6)18-40(25(31)2)50(8)36-19-37(43)38(20-44)45-21-36/h9-15,17-19,21-23H,16H2,1-8H3. The lowest BCUT2D eigenvalue weighted by Gasteiger charge is -2.24. The lowest BCUT2D eigenvalue weighted by Crippen LogP contribution is -2.13. The molecule has 0 aliphatic rings. The summed E-state index contributed by atoms with van der Waals surface area (Å²) in [5.74, 6) is 1.56. The molecule has 4 aromatic heterocycles. The van der Waals surface area contributed by atoms with Crippen molar-refractivity contribution in [1.29, 1.82) is 5.26 Å². The Bertz CT molecular complexity index is 2480. The van der Waals surface area contributed by atoms with Crippen molar-refractivity contribution in [3.8, 4) is 34.0 Å². The topological polar surface area (TPSA) is 113 Å². The summed E-state index contributed by atoms with van der Waals surface area (Å²) in [5, 5.41) is 18.0.